The summed E-state index contributed by atoms with van der Waals surface area (Å²) in [7, 11) is 1.47. The van der Waals surface area contributed by atoms with E-state index < -0.39 is 0 Å². The van der Waals surface area contributed by atoms with E-state index in [1.54, 1.807) is 12.1 Å². The molecule has 0 saturated heterocycles. The van der Waals surface area contributed by atoms with Crippen LogP contribution in [0, 0.1) is 11.3 Å². The molecule has 0 saturated carbocycles. The van der Waals surface area contributed by atoms with Gasteiger partial charge < -0.3 is 15.2 Å². The molecule has 5 nitrogen and oxygen atoms in total. The number of hydrogen-bond acceptors (Lipinski definition) is 6. The SMILES string of the molecule is CCSC1=C(C#N)C(=O)NC(c2ccc(O)c(OC)c2)S1. The number of ether oxygens (including phenoxy) is 1. The van der Waals surface area contributed by atoms with Crippen LogP contribution in [0.25, 0.3) is 0 Å². The maximum atomic E-state index is 12.0. The summed E-state index contributed by atoms with van der Waals surface area (Å²) in [5.74, 6) is 0.808. The quantitative estimate of drug-likeness (QED) is 0.887. The number of nitrogens with one attached hydrogen (secondary N) is 1. The molecule has 0 aromatic heterocycles. The Labute approximate surface area is 131 Å². The van der Waals surface area contributed by atoms with Crippen molar-refractivity contribution < 1.29 is 14.6 Å². The highest BCUT2D eigenvalue weighted by atomic mass is 32.2. The lowest BCUT2D eigenvalue weighted by Crippen LogP contribution is -2.31. The predicted molar refractivity (Wildman–Crippen MR) is 83.9 cm³/mol. The first kappa shape index (κ1) is 15.6. The second-order valence-corrected chi connectivity index (χ2v) is 6.76. The van der Waals surface area contributed by atoms with Crippen molar-refractivity contribution in [3.63, 3.8) is 0 Å². The average Bonchev–Trinajstić information content (AvgIpc) is 2.47. The standard InChI is InChI=1S/C14H14N2O3S2/c1-3-20-14-9(7-15)12(18)16-13(21-14)8-4-5-10(17)11(6-8)19-2/h4-6,13,17H,3H2,1-2H3,(H,16,18). The van der Waals surface area contributed by atoms with E-state index in [9.17, 15) is 9.90 Å². The second kappa shape index (κ2) is 6.78. The molecule has 1 unspecified atom stereocenters. The normalized spacial score (nSPS) is 18.1. The fourth-order valence-corrected chi connectivity index (χ4v) is 4.20. The van der Waals surface area contributed by atoms with E-state index in [-0.39, 0.29) is 22.6 Å². The molecule has 2 N–H and O–H groups in total. The van der Waals surface area contributed by atoms with Crippen LogP contribution in [0.4, 0.5) is 0 Å². The zero-order valence-corrected chi connectivity index (χ0v) is 13.2. The molecule has 0 aliphatic carbocycles. The number of phenolic OH excluding ortho intramolecular Hbond substituents is 1. The van der Waals surface area contributed by atoms with Gasteiger partial charge in [-0.2, -0.15) is 5.26 Å². The molecule has 0 radical (unpaired) electrons. The molecule has 2 rings (SSSR count). The van der Waals surface area contributed by atoms with Crippen molar-refractivity contribution in [2.45, 2.75) is 12.3 Å². The Morgan fingerprint density at radius 2 is 2.33 bits per heavy atom. The molecule has 110 valence electrons. The van der Waals surface area contributed by atoms with E-state index in [4.69, 9.17) is 10.00 Å². The molecule has 1 aromatic rings. The zero-order chi connectivity index (χ0) is 15.4. The minimum absolute atomic E-state index is 0.0461. The predicted octanol–water partition coefficient (Wildman–Crippen LogP) is 2.75. The number of nitrogens with zero attached hydrogens (tertiary/aromatic N) is 1. The molecular weight excluding hydrogens is 308 g/mol. The molecule has 0 fully saturated rings. The second-order valence-electron chi connectivity index (χ2n) is 4.11. The number of hydrogen-bond donors (Lipinski definition) is 2. The van der Waals surface area contributed by atoms with Crippen LogP contribution in [0.5, 0.6) is 11.5 Å². The highest BCUT2D eigenvalue weighted by Crippen LogP contribution is 2.44. The van der Waals surface area contributed by atoms with Crippen LogP contribution in [-0.4, -0.2) is 23.9 Å². The van der Waals surface area contributed by atoms with Gasteiger partial charge in [-0.25, -0.2) is 0 Å². The molecule has 7 heteroatoms. The van der Waals surface area contributed by atoms with Crippen molar-refractivity contribution in [2.24, 2.45) is 0 Å². The van der Waals surface area contributed by atoms with Crippen molar-refractivity contribution in [1.29, 1.82) is 5.26 Å². The lowest BCUT2D eigenvalue weighted by molar-refractivity contribution is -0.117. The van der Waals surface area contributed by atoms with E-state index in [0.717, 1.165) is 15.6 Å². The van der Waals surface area contributed by atoms with Crippen LogP contribution in [0.15, 0.2) is 28.0 Å². The fraction of sp³-hybridized carbons (Fsp3) is 0.286. The summed E-state index contributed by atoms with van der Waals surface area (Å²) >= 11 is 2.90. The first-order valence-corrected chi connectivity index (χ1v) is 8.08. The smallest absolute Gasteiger partial charge is 0.264 e. The minimum atomic E-state index is -0.371. The van der Waals surface area contributed by atoms with Crippen LogP contribution in [0.1, 0.15) is 17.9 Å². The van der Waals surface area contributed by atoms with Crippen LogP contribution in [-0.2, 0) is 4.79 Å². The number of nitriles is 1. The number of phenols is 1. The van der Waals surface area contributed by atoms with Gasteiger partial charge in [0, 0.05) is 0 Å². The summed E-state index contributed by atoms with van der Waals surface area (Å²) in [6.45, 7) is 1.97. The molecule has 0 bridgehead atoms. The van der Waals surface area contributed by atoms with Crippen molar-refractivity contribution in [3.05, 3.63) is 33.6 Å². The van der Waals surface area contributed by atoms with Gasteiger partial charge in [-0.15, -0.1) is 11.8 Å². The van der Waals surface area contributed by atoms with E-state index >= 15 is 0 Å². The monoisotopic (exact) mass is 322 g/mol. The number of aromatic hydroxyl groups is 1. The number of rotatable bonds is 4. The average molecular weight is 322 g/mol. The lowest BCUT2D eigenvalue weighted by Gasteiger charge is -2.25. The number of benzene rings is 1. The Balaban J connectivity index is 2.33. The Morgan fingerprint density at radius 3 is 2.95 bits per heavy atom. The number of carbonyl (C=O) groups is 1. The van der Waals surface area contributed by atoms with Crippen LogP contribution >= 0.6 is 23.5 Å². The summed E-state index contributed by atoms with van der Waals surface area (Å²) in [5, 5.41) is 21.2. The fourth-order valence-electron chi connectivity index (χ4n) is 1.82. The maximum Gasteiger partial charge on any atom is 0.264 e. The van der Waals surface area contributed by atoms with Crippen molar-refractivity contribution in [1.82, 2.24) is 5.32 Å². The third kappa shape index (κ3) is 3.28. The molecule has 21 heavy (non-hydrogen) atoms. The highest BCUT2D eigenvalue weighted by Gasteiger charge is 2.29. The number of amides is 1. The first-order chi connectivity index (χ1) is 10.1. The molecule has 1 amide bonds. The largest absolute Gasteiger partial charge is 0.504 e. The molecule has 1 aliphatic heterocycles. The van der Waals surface area contributed by atoms with Gasteiger partial charge in [0.05, 0.1) is 11.3 Å². The zero-order valence-electron chi connectivity index (χ0n) is 11.5. The molecule has 1 atom stereocenters. The summed E-state index contributed by atoms with van der Waals surface area (Å²) in [4.78, 5) is 12.0. The number of methoxy groups -OCH3 is 1. The van der Waals surface area contributed by atoms with Gasteiger partial charge in [0.15, 0.2) is 11.5 Å². The van der Waals surface area contributed by atoms with Gasteiger partial charge >= 0.3 is 0 Å². The molecule has 1 heterocycles. The van der Waals surface area contributed by atoms with E-state index in [0.29, 0.717) is 5.75 Å². The lowest BCUT2D eigenvalue weighted by atomic mass is 10.2. The van der Waals surface area contributed by atoms with Crippen LogP contribution < -0.4 is 10.1 Å². The van der Waals surface area contributed by atoms with E-state index in [1.165, 1.54) is 36.7 Å². The summed E-state index contributed by atoms with van der Waals surface area (Å²) in [6.07, 6.45) is 0. The van der Waals surface area contributed by atoms with E-state index in [2.05, 4.69) is 5.32 Å². The Hall–Kier alpha value is -1.78. The number of carbonyl (C=O) groups excluding carboxylic acids is 1. The summed E-state index contributed by atoms with van der Waals surface area (Å²) in [6, 6.07) is 6.88. The Kier molecular flexibility index (Phi) is 5.04. The summed E-state index contributed by atoms with van der Waals surface area (Å²) < 4.78 is 5.80. The topological polar surface area (TPSA) is 82.4 Å². The van der Waals surface area contributed by atoms with Crippen molar-refractivity contribution in [3.8, 4) is 17.6 Å². The maximum absolute atomic E-state index is 12.0. The Bertz CT molecular complexity index is 638. The third-order valence-electron chi connectivity index (χ3n) is 2.81. The van der Waals surface area contributed by atoms with Crippen molar-refractivity contribution >= 4 is 29.4 Å². The molecule has 1 aromatic carbocycles. The molecule has 0 spiro atoms. The van der Waals surface area contributed by atoms with Gasteiger partial charge in [-0.05, 0) is 23.4 Å². The van der Waals surface area contributed by atoms with Crippen LogP contribution in [0.3, 0.4) is 0 Å². The van der Waals surface area contributed by atoms with Gasteiger partial charge in [0.2, 0.25) is 0 Å². The van der Waals surface area contributed by atoms with E-state index in [1.807, 2.05) is 13.0 Å². The van der Waals surface area contributed by atoms with Gasteiger partial charge in [0.25, 0.3) is 5.91 Å². The first-order valence-electron chi connectivity index (χ1n) is 6.22. The van der Waals surface area contributed by atoms with Gasteiger partial charge in [-0.1, -0.05) is 24.8 Å². The van der Waals surface area contributed by atoms with Gasteiger partial charge in [-0.3, -0.25) is 4.79 Å². The minimum Gasteiger partial charge on any atom is -0.504 e. The van der Waals surface area contributed by atoms with Gasteiger partial charge in [0.1, 0.15) is 17.0 Å². The highest BCUT2D eigenvalue weighted by molar-refractivity contribution is 8.22. The van der Waals surface area contributed by atoms with Crippen LogP contribution in [0.2, 0.25) is 0 Å². The Morgan fingerprint density at radius 1 is 1.57 bits per heavy atom. The van der Waals surface area contributed by atoms with Crippen molar-refractivity contribution in [2.75, 3.05) is 12.9 Å². The number of thioether (sulfide) groups is 2. The third-order valence-corrected chi connectivity index (χ3v) is 5.25. The molecular formula is C14H14N2O3S2. The summed E-state index contributed by atoms with van der Waals surface area (Å²) in [5.41, 5.74) is 0.961. The molecule has 1 aliphatic rings.